The number of thiocarbonyl (C=S) groups is 1. The molecule has 0 unspecified atom stereocenters. The van der Waals surface area contributed by atoms with Gasteiger partial charge in [0.05, 0.1) is 11.2 Å². The molecule has 1 N–H and O–H groups in total. The number of aromatic nitrogens is 2. The molecular formula is C18H18N4O2S2. The molecule has 1 saturated heterocycles. The Morgan fingerprint density at radius 2 is 2.12 bits per heavy atom. The van der Waals surface area contributed by atoms with Gasteiger partial charge >= 0.3 is 0 Å². The van der Waals surface area contributed by atoms with Crippen molar-refractivity contribution in [1.82, 2.24) is 19.8 Å². The molecule has 2 amide bonds. The van der Waals surface area contributed by atoms with Crippen molar-refractivity contribution in [3.63, 3.8) is 0 Å². The van der Waals surface area contributed by atoms with Crippen LogP contribution in [0.2, 0.25) is 0 Å². The van der Waals surface area contributed by atoms with Crippen LogP contribution in [-0.2, 0) is 11.3 Å². The molecule has 1 aromatic carbocycles. The van der Waals surface area contributed by atoms with Crippen LogP contribution in [0.5, 0.6) is 0 Å². The molecule has 8 heteroatoms. The number of hydrogen-bond acceptors (Lipinski definition) is 5. The average Bonchev–Trinajstić information content (AvgIpc) is 3.24. The second-order valence-corrected chi connectivity index (χ2v) is 7.45. The van der Waals surface area contributed by atoms with E-state index in [1.165, 1.54) is 16.7 Å². The van der Waals surface area contributed by atoms with E-state index in [9.17, 15) is 9.59 Å². The van der Waals surface area contributed by atoms with Crippen LogP contribution >= 0.6 is 24.0 Å². The van der Waals surface area contributed by atoms with E-state index in [-0.39, 0.29) is 11.8 Å². The van der Waals surface area contributed by atoms with Gasteiger partial charge in [-0.15, -0.1) is 0 Å². The molecule has 26 heavy (non-hydrogen) atoms. The van der Waals surface area contributed by atoms with Crippen LogP contribution in [0.1, 0.15) is 22.3 Å². The van der Waals surface area contributed by atoms with Gasteiger partial charge in [0.2, 0.25) is 0 Å². The smallest absolute Gasteiger partial charge is 0.265 e. The van der Waals surface area contributed by atoms with Gasteiger partial charge in [0.15, 0.2) is 0 Å². The Bertz CT molecular complexity index is 845. The molecule has 1 aliphatic rings. The summed E-state index contributed by atoms with van der Waals surface area (Å²) < 4.78 is 2.52. The second-order valence-electron chi connectivity index (χ2n) is 5.77. The third kappa shape index (κ3) is 4.39. The molecule has 0 saturated carbocycles. The zero-order valence-corrected chi connectivity index (χ0v) is 15.8. The number of nitrogens with zero attached hydrogens (tertiary/aromatic N) is 3. The Morgan fingerprint density at radius 3 is 2.73 bits per heavy atom. The van der Waals surface area contributed by atoms with E-state index in [1.807, 2.05) is 22.9 Å². The average molecular weight is 387 g/mol. The molecule has 0 bridgehead atoms. The minimum absolute atomic E-state index is 0.0975. The highest BCUT2D eigenvalue weighted by Crippen LogP contribution is 2.31. The minimum Gasteiger partial charge on any atom is -0.352 e. The SMILES string of the molecule is CN1C(=O)C(=Cc2ccc(C(=O)NCCCn3ccnc3)cc2)SC1=S. The first-order valence-electron chi connectivity index (χ1n) is 8.10. The predicted molar refractivity (Wildman–Crippen MR) is 107 cm³/mol. The summed E-state index contributed by atoms with van der Waals surface area (Å²) in [6, 6.07) is 7.15. The Labute approximate surface area is 161 Å². The maximum Gasteiger partial charge on any atom is 0.265 e. The van der Waals surface area contributed by atoms with E-state index in [2.05, 4.69) is 10.3 Å². The second kappa shape index (κ2) is 8.29. The van der Waals surface area contributed by atoms with E-state index >= 15 is 0 Å². The van der Waals surface area contributed by atoms with E-state index in [1.54, 1.807) is 37.8 Å². The Morgan fingerprint density at radius 1 is 1.35 bits per heavy atom. The van der Waals surface area contributed by atoms with Crippen molar-refractivity contribution >= 4 is 46.2 Å². The largest absolute Gasteiger partial charge is 0.352 e. The van der Waals surface area contributed by atoms with Crippen LogP contribution in [0, 0.1) is 0 Å². The van der Waals surface area contributed by atoms with Crippen molar-refractivity contribution in [2.24, 2.45) is 0 Å². The zero-order valence-electron chi connectivity index (χ0n) is 14.2. The van der Waals surface area contributed by atoms with Crippen molar-refractivity contribution in [3.8, 4) is 0 Å². The quantitative estimate of drug-likeness (QED) is 0.469. The fraction of sp³-hybridized carbons (Fsp3) is 0.222. The number of hydrogen-bond donors (Lipinski definition) is 1. The number of imidazole rings is 1. The third-order valence-corrected chi connectivity index (χ3v) is 5.38. The normalized spacial score (nSPS) is 15.7. The monoisotopic (exact) mass is 386 g/mol. The maximum absolute atomic E-state index is 12.2. The maximum atomic E-state index is 12.2. The first kappa shape index (κ1) is 18.3. The molecule has 0 radical (unpaired) electrons. The number of carbonyl (C=O) groups excluding carboxylic acids is 2. The van der Waals surface area contributed by atoms with Crippen LogP contribution < -0.4 is 5.32 Å². The number of aryl methyl sites for hydroxylation is 1. The van der Waals surface area contributed by atoms with Gasteiger partial charge in [-0.25, -0.2) is 4.98 Å². The highest BCUT2D eigenvalue weighted by molar-refractivity contribution is 8.26. The molecule has 1 fully saturated rings. The summed E-state index contributed by atoms with van der Waals surface area (Å²) in [5.74, 6) is -0.207. The Hall–Kier alpha value is -2.45. The summed E-state index contributed by atoms with van der Waals surface area (Å²) in [5, 5.41) is 2.90. The van der Waals surface area contributed by atoms with Crippen LogP contribution in [-0.4, -0.2) is 44.2 Å². The first-order chi connectivity index (χ1) is 12.5. The van der Waals surface area contributed by atoms with Crippen LogP contribution in [0.4, 0.5) is 0 Å². The summed E-state index contributed by atoms with van der Waals surface area (Å²) in [4.78, 5) is 30.2. The fourth-order valence-electron chi connectivity index (χ4n) is 2.41. The van der Waals surface area contributed by atoms with E-state index in [0.717, 1.165) is 18.5 Å². The zero-order chi connectivity index (χ0) is 18.5. The number of amides is 2. The Balaban J connectivity index is 1.53. The molecule has 1 aliphatic heterocycles. The van der Waals surface area contributed by atoms with Crippen LogP contribution in [0.15, 0.2) is 47.9 Å². The molecule has 3 rings (SSSR count). The van der Waals surface area contributed by atoms with Gasteiger partial charge in [-0.1, -0.05) is 36.1 Å². The van der Waals surface area contributed by atoms with Gasteiger partial charge in [-0.3, -0.25) is 14.5 Å². The lowest BCUT2D eigenvalue weighted by molar-refractivity contribution is -0.121. The van der Waals surface area contributed by atoms with Gasteiger partial charge in [0, 0.05) is 38.1 Å². The lowest BCUT2D eigenvalue weighted by Crippen LogP contribution is -2.25. The third-order valence-electron chi connectivity index (χ3n) is 3.90. The summed E-state index contributed by atoms with van der Waals surface area (Å²) in [6.07, 6.45) is 8.01. The highest BCUT2D eigenvalue weighted by atomic mass is 32.2. The number of carbonyl (C=O) groups is 2. The number of nitrogens with one attached hydrogen (secondary N) is 1. The van der Waals surface area contributed by atoms with Gasteiger partial charge < -0.3 is 9.88 Å². The molecule has 2 aromatic rings. The molecular weight excluding hydrogens is 368 g/mol. The number of rotatable bonds is 6. The van der Waals surface area contributed by atoms with Crippen molar-refractivity contribution in [2.75, 3.05) is 13.6 Å². The van der Waals surface area contributed by atoms with Crippen molar-refractivity contribution in [2.45, 2.75) is 13.0 Å². The van der Waals surface area contributed by atoms with Gasteiger partial charge in [0.1, 0.15) is 4.32 Å². The summed E-state index contributed by atoms with van der Waals surface area (Å²) >= 11 is 6.40. The van der Waals surface area contributed by atoms with Crippen molar-refractivity contribution in [3.05, 3.63) is 59.0 Å². The number of benzene rings is 1. The van der Waals surface area contributed by atoms with E-state index < -0.39 is 0 Å². The molecule has 6 nitrogen and oxygen atoms in total. The predicted octanol–water partition coefficient (Wildman–Crippen LogP) is 2.53. The van der Waals surface area contributed by atoms with Gasteiger partial charge in [-0.2, -0.15) is 0 Å². The topological polar surface area (TPSA) is 67.2 Å². The molecule has 0 aliphatic carbocycles. The summed E-state index contributed by atoms with van der Waals surface area (Å²) in [5.41, 5.74) is 1.45. The summed E-state index contributed by atoms with van der Waals surface area (Å²) in [7, 11) is 1.67. The summed E-state index contributed by atoms with van der Waals surface area (Å²) in [6.45, 7) is 1.41. The van der Waals surface area contributed by atoms with Crippen LogP contribution in [0.3, 0.4) is 0 Å². The molecule has 0 atom stereocenters. The minimum atomic E-state index is -0.109. The van der Waals surface area contributed by atoms with Gasteiger partial charge in [0.25, 0.3) is 11.8 Å². The lowest BCUT2D eigenvalue weighted by Gasteiger charge is -2.06. The highest BCUT2D eigenvalue weighted by Gasteiger charge is 2.28. The molecule has 1 aromatic heterocycles. The molecule has 134 valence electrons. The fourth-order valence-corrected chi connectivity index (χ4v) is 3.59. The van der Waals surface area contributed by atoms with E-state index in [4.69, 9.17) is 12.2 Å². The number of thioether (sulfide) groups is 1. The first-order valence-corrected chi connectivity index (χ1v) is 9.32. The molecule has 0 spiro atoms. The standard InChI is InChI=1S/C18H18N4O2S2/c1-21-17(24)15(26-18(21)25)11-13-3-5-14(6-4-13)16(23)20-7-2-9-22-10-8-19-12-22/h3-6,8,10-12H,2,7,9H2,1H3,(H,20,23). The Kier molecular flexibility index (Phi) is 5.85. The number of likely N-dealkylation sites (N-methyl/N-ethyl adjacent to an activating group) is 1. The van der Waals surface area contributed by atoms with Crippen molar-refractivity contribution in [1.29, 1.82) is 0 Å². The van der Waals surface area contributed by atoms with Gasteiger partial charge in [-0.05, 0) is 30.2 Å². The van der Waals surface area contributed by atoms with Crippen molar-refractivity contribution < 1.29 is 9.59 Å². The van der Waals surface area contributed by atoms with E-state index in [0.29, 0.717) is 21.3 Å². The lowest BCUT2D eigenvalue weighted by atomic mass is 10.1. The van der Waals surface area contributed by atoms with Crippen LogP contribution in [0.25, 0.3) is 6.08 Å². The molecule has 2 heterocycles.